The molecule has 168 valence electrons. The molecule has 2 aromatic carbocycles. The molecule has 0 spiro atoms. The van der Waals surface area contributed by atoms with Crippen LogP contribution < -0.4 is 10.6 Å². The van der Waals surface area contributed by atoms with Crippen LogP contribution in [0.4, 0.5) is 5.69 Å². The van der Waals surface area contributed by atoms with E-state index in [0.717, 1.165) is 0 Å². The van der Waals surface area contributed by atoms with Crippen LogP contribution in [0.1, 0.15) is 36.1 Å². The average molecular weight is 513 g/mol. The smallest absolute Gasteiger partial charge is 0.251 e. The maximum atomic E-state index is 12.4. The van der Waals surface area contributed by atoms with Gasteiger partial charge >= 0.3 is 0 Å². The highest BCUT2D eigenvalue weighted by Gasteiger charge is 2.20. The van der Waals surface area contributed by atoms with Crippen molar-refractivity contribution in [2.45, 2.75) is 31.6 Å². The fourth-order valence-electron chi connectivity index (χ4n) is 2.89. The summed E-state index contributed by atoms with van der Waals surface area (Å²) in [6.07, 6.45) is 0. The third-order valence-electron chi connectivity index (χ3n) is 4.45. The van der Waals surface area contributed by atoms with Crippen molar-refractivity contribution in [1.29, 1.82) is 0 Å². The zero-order chi connectivity index (χ0) is 23.3. The molecule has 1 atom stereocenters. The number of carbonyl (C=O) groups excluding carboxylic acids is 2. The van der Waals surface area contributed by atoms with Crippen LogP contribution in [0.15, 0.2) is 47.6 Å². The Morgan fingerprint density at radius 3 is 2.44 bits per heavy atom. The first kappa shape index (κ1) is 24.4. The Morgan fingerprint density at radius 2 is 1.75 bits per heavy atom. The molecule has 1 heterocycles. The topological polar surface area (TPSA) is 88.9 Å². The van der Waals surface area contributed by atoms with E-state index in [1.165, 1.54) is 23.9 Å². The number of nitrogens with zero attached hydrogens (tertiary/aromatic N) is 3. The summed E-state index contributed by atoms with van der Waals surface area (Å²) in [6, 6.07) is 11.5. The molecular weight excluding hydrogens is 493 g/mol. The maximum absolute atomic E-state index is 12.4. The molecule has 0 aliphatic carbocycles. The molecule has 2 N–H and O–H groups in total. The molecule has 1 aromatic heterocycles. The summed E-state index contributed by atoms with van der Waals surface area (Å²) in [5.41, 5.74) is 0.940. The van der Waals surface area contributed by atoms with Crippen LogP contribution in [-0.2, 0) is 11.3 Å². The van der Waals surface area contributed by atoms with Crippen LogP contribution in [0.3, 0.4) is 0 Å². The highest BCUT2D eigenvalue weighted by atomic mass is 35.5. The van der Waals surface area contributed by atoms with Crippen molar-refractivity contribution in [3.8, 4) is 0 Å². The first-order valence-corrected chi connectivity index (χ1v) is 11.8. The number of carbonyl (C=O) groups is 2. The van der Waals surface area contributed by atoms with Gasteiger partial charge in [-0.05, 0) is 38.1 Å². The number of hydrogen-bond donors (Lipinski definition) is 2. The maximum Gasteiger partial charge on any atom is 0.251 e. The largest absolute Gasteiger partial charge is 0.342 e. The van der Waals surface area contributed by atoms with Crippen LogP contribution in [0.5, 0.6) is 0 Å². The van der Waals surface area contributed by atoms with Gasteiger partial charge in [0.05, 0.1) is 32.5 Å². The normalized spacial score (nSPS) is 11.8. The van der Waals surface area contributed by atoms with Crippen LogP contribution >= 0.6 is 46.6 Å². The van der Waals surface area contributed by atoms with Gasteiger partial charge in [0.2, 0.25) is 5.91 Å². The molecular formula is C21H20Cl3N5O2S. The number of rotatable bonds is 8. The Bertz CT molecular complexity index is 1120. The lowest BCUT2D eigenvalue weighted by molar-refractivity contribution is -0.113. The van der Waals surface area contributed by atoms with E-state index in [0.29, 0.717) is 43.8 Å². The van der Waals surface area contributed by atoms with Crippen molar-refractivity contribution in [1.82, 2.24) is 20.1 Å². The molecule has 0 radical (unpaired) electrons. The van der Waals surface area contributed by atoms with Crippen molar-refractivity contribution in [3.63, 3.8) is 0 Å². The summed E-state index contributed by atoms with van der Waals surface area (Å²) in [5, 5.41) is 15.5. The fraction of sp³-hybridized carbons (Fsp3) is 0.238. The minimum absolute atomic E-state index is 0.0828. The Balaban J connectivity index is 1.64. The lowest BCUT2D eigenvalue weighted by atomic mass is 10.2. The molecule has 3 rings (SSSR count). The van der Waals surface area contributed by atoms with Crippen molar-refractivity contribution < 1.29 is 9.59 Å². The average Bonchev–Trinajstić information content (AvgIpc) is 3.19. The number of hydrogen-bond acceptors (Lipinski definition) is 5. The summed E-state index contributed by atoms with van der Waals surface area (Å²) in [7, 11) is 0. The van der Waals surface area contributed by atoms with Crippen LogP contribution in [0, 0.1) is 0 Å². The summed E-state index contributed by atoms with van der Waals surface area (Å²) in [4.78, 5) is 24.8. The number of aromatic nitrogens is 3. The lowest BCUT2D eigenvalue weighted by Crippen LogP contribution is -2.28. The first-order chi connectivity index (χ1) is 15.3. The second-order valence-electron chi connectivity index (χ2n) is 6.73. The SMILES string of the molecule is CCn1c(SCC(=O)Nc2cc(Cl)c(Cl)cc2Cl)nnc1[C@@H](C)NC(=O)c1ccccc1. The molecule has 2 amide bonds. The van der Waals surface area contributed by atoms with E-state index in [9.17, 15) is 9.59 Å². The van der Waals surface area contributed by atoms with E-state index in [1.54, 1.807) is 24.3 Å². The van der Waals surface area contributed by atoms with Gasteiger partial charge in [-0.15, -0.1) is 10.2 Å². The van der Waals surface area contributed by atoms with Gasteiger partial charge < -0.3 is 15.2 Å². The van der Waals surface area contributed by atoms with Gasteiger partial charge in [-0.1, -0.05) is 64.8 Å². The van der Waals surface area contributed by atoms with Crippen LogP contribution in [0.2, 0.25) is 15.1 Å². The molecule has 3 aromatic rings. The van der Waals surface area contributed by atoms with Crippen molar-refractivity contribution >= 4 is 64.1 Å². The van der Waals surface area contributed by atoms with Crippen molar-refractivity contribution in [2.75, 3.05) is 11.1 Å². The van der Waals surface area contributed by atoms with Gasteiger partial charge in [-0.2, -0.15) is 0 Å². The molecule has 0 saturated heterocycles. The van der Waals surface area contributed by atoms with E-state index in [-0.39, 0.29) is 23.6 Å². The lowest BCUT2D eigenvalue weighted by Gasteiger charge is -2.15. The molecule has 0 aliphatic rings. The zero-order valence-corrected chi connectivity index (χ0v) is 20.3. The zero-order valence-electron chi connectivity index (χ0n) is 17.2. The molecule has 7 nitrogen and oxygen atoms in total. The van der Waals surface area contributed by atoms with Crippen LogP contribution in [0.25, 0.3) is 0 Å². The third kappa shape index (κ3) is 5.95. The Hall–Kier alpha value is -2.26. The van der Waals surface area contributed by atoms with E-state index >= 15 is 0 Å². The minimum atomic E-state index is -0.367. The molecule has 32 heavy (non-hydrogen) atoms. The van der Waals surface area contributed by atoms with E-state index in [2.05, 4.69) is 20.8 Å². The van der Waals surface area contributed by atoms with Gasteiger partial charge in [0.15, 0.2) is 11.0 Å². The molecule has 0 bridgehead atoms. The van der Waals surface area contributed by atoms with Crippen molar-refractivity contribution in [3.05, 3.63) is 68.9 Å². The Labute approximate surface area is 204 Å². The summed E-state index contributed by atoms with van der Waals surface area (Å²) in [6.45, 7) is 4.36. The van der Waals surface area contributed by atoms with Gasteiger partial charge in [0.1, 0.15) is 0 Å². The number of amides is 2. The number of nitrogens with one attached hydrogen (secondary N) is 2. The second-order valence-corrected chi connectivity index (χ2v) is 8.89. The quantitative estimate of drug-likeness (QED) is 0.308. The molecule has 0 fully saturated rings. The molecule has 0 unspecified atom stereocenters. The van der Waals surface area contributed by atoms with E-state index in [4.69, 9.17) is 34.8 Å². The van der Waals surface area contributed by atoms with Gasteiger partial charge in [-0.3, -0.25) is 9.59 Å². The van der Waals surface area contributed by atoms with Gasteiger partial charge in [-0.25, -0.2) is 0 Å². The standard InChI is InChI=1S/C21H20Cl3N5O2S/c1-3-29-19(12(2)25-20(31)13-7-5-4-6-8-13)27-28-21(29)32-11-18(30)26-17-10-15(23)14(22)9-16(17)24/h4-10,12H,3,11H2,1-2H3,(H,25,31)(H,26,30)/t12-/m1/s1. The van der Waals surface area contributed by atoms with Crippen LogP contribution in [-0.4, -0.2) is 32.3 Å². The summed E-state index contributed by atoms with van der Waals surface area (Å²) in [5.74, 6) is 0.204. The van der Waals surface area contributed by atoms with Gasteiger partial charge in [0, 0.05) is 12.1 Å². The summed E-state index contributed by atoms with van der Waals surface area (Å²) < 4.78 is 1.86. The highest BCUT2D eigenvalue weighted by molar-refractivity contribution is 7.99. The predicted molar refractivity (Wildman–Crippen MR) is 129 cm³/mol. The fourth-order valence-corrected chi connectivity index (χ4v) is 4.30. The minimum Gasteiger partial charge on any atom is -0.342 e. The Morgan fingerprint density at radius 1 is 1.06 bits per heavy atom. The molecule has 0 saturated carbocycles. The second kappa shape index (κ2) is 11.0. The monoisotopic (exact) mass is 511 g/mol. The predicted octanol–water partition coefficient (Wildman–Crippen LogP) is 5.48. The third-order valence-corrected chi connectivity index (χ3v) is 6.45. The van der Waals surface area contributed by atoms with E-state index in [1.807, 2.05) is 24.5 Å². The number of halogens is 3. The Kier molecular flexibility index (Phi) is 8.42. The summed E-state index contributed by atoms with van der Waals surface area (Å²) >= 11 is 19.2. The first-order valence-electron chi connectivity index (χ1n) is 9.66. The number of benzene rings is 2. The molecule has 11 heteroatoms. The van der Waals surface area contributed by atoms with Crippen molar-refractivity contribution in [2.24, 2.45) is 0 Å². The number of thioether (sulfide) groups is 1. The highest BCUT2D eigenvalue weighted by Crippen LogP contribution is 2.32. The molecule has 0 aliphatic heterocycles. The van der Waals surface area contributed by atoms with Gasteiger partial charge in [0.25, 0.3) is 5.91 Å². The van der Waals surface area contributed by atoms with E-state index < -0.39 is 0 Å². The number of anilines is 1.